The number of carbonyl (C=O) groups is 1. The predicted octanol–water partition coefficient (Wildman–Crippen LogP) is 4.26. The third-order valence-electron chi connectivity index (χ3n) is 4.86. The molecule has 0 saturated heterocycles. The van der Waals surface area contributed by atoms with E-state index < -0.39 is 0 Å². The smallest absolute Gasteiger partial charge is 0.257 e. The first-order chi connectivity index (χ1) is 11.0. The second kappa shape index (κ2) is 5.49. The van der Waals surface area contributed by atoms with Gasteiger partial charge < -0.3 is 14.6 Å². The van der Waals surface area contributed by atoms with E-state index in [0.717, 1.165) is 27.0 Å². The van der Waals surface area contributed by atoms with Crippen molar-refractivity contribution in [1.82, 2.24) is 4.57 Å². The highest BCUT2D eigenvalue weighted by Gasteiger charge is 2.29. The van der Waals surface area contributed by atoms with Gasteiger partial charge in [0, 0.05) is 28.6 Å². The van der Waals surface area contributed by atoms with E-state index in [2.05, 4.69) is 25.8 Å². The van der Waals surface area contributed by atoms with Gasteiger partial charge in [0.25, 0.3) is 5.91 Å². The highest BCUT2D eigenvalue weighted by molar-refractivity contribution is 9.10. The first-order valence-corrected chi connectivity index (χ1v) is 8.70. The molecule has 23 heavy (non-hydrogen) atoms. The lowest BCUT2D eigenvalue weighted by Gasteiger charge is -2.09. The van der Waals surface area contributed by atoms with Gasteiger partial charge in [-0.25, -0.2) is 0 Å². The van der Waals surface area contributed by atoms with E-state index in [0.29, 0.717) is 19.1 Å². The Morgan fingerprint density at radius 2 is 2.09 bits per heavy atom. The van der Waals surface area contributed by atoms with Crippen LogP contribution in [0.1, 0.15) is 51.6 Å². The zero-order valence-corrected chi connectivity index (χ0v) is 14.9. The maximum absolute atomic E-state index is 12.7. The number of nitrogens with one attached hydrogen (secondary N) is 1. The normalized spacial score (nSPS) is 16.5. The molecule has 4 nitrogen and oxygen atoms in total. The van der Waals surface area contributed by atoms with Gasteiger partial charge in [0.15, 0.2) is 0 Å². The molecule has 1 aromatic carbocycles. The zero-order chi connectivity index (χ0) is 16.1. The number of halogens is 1. The minimum absolute atomic E-state index is 0.0456. The highest BCUT2D eigenvalue weighted by Crippen LogP contribution is 2.41. The van der Waals surface area contributed by atoms with Crippen molar-refractivity contribution in [3.8, 4) is 0 Å². The minimum atomic E-state index is -0.0456. The fourth-order valence-corrected chi connectivity index (χ4v) is 3.86. The number of anilines is 1. The quantitative estimate of drug-likeness (QED) is 0.872. The molecular formula is C18H19BrN2O2. The Morgan fingerprint density at radius 3 is 2.83 bits per heavy atom. The average molecular weight is 375 g/mol. The number of benzene rings is 1. The van der Waals surface area contributed by atoms with E-state index in [1.807, 2.05) is 32.2 Å². The largest absolute Gasteiger partial charge is 0.372 e. The SMILES string of the molecule is Cc1c(C(=O)Nc2cc(Br)c3c(c2)COC3)cc(C2CC2)n1C. The number of aromatic nitrogens is 1. The molecule has 120 valence electrons. The molecule has 2 aliphatic rings. The lowest BCUT2D eigenvalue weighted by Crippen LogP contribution is -2.13. The van der Waals surface area contributed by atoms with Crippen molar-refractivity contribution >= 4 is 27.5 Å². The molecular weight excluding hydrogens is 356 g/mol. The van der Waals surface area contributed by atoms with Gasteiger partial charge in [0.2, 0.25) is 0 Å². The Kier molecular flexibility index (Phi) is 3.58. The molecule has 1 amide bonds. The van der Waals surface area contributed by atoms with Crippen LogP contribution in [0, 0.1) is 6.92 Å². The van der Waals surface area contributed by atoms with Crippen molar-refractivity contribution in [2.75, 3.05) is 5.32 Å². The van der Waals surface area contributed by atoms with E-state index in [1.54, 1.807) is 0 Å². The van der Waals surface area contributed by atoms with Crippen LogP contribution in [-0.2, 0) is 25.0 Å². The summed E-state index contributed by atoms with van der Waals surface area (Å²) < 4.78 is 8.61. The number of amides is 1. The van der Waals surface area contributed by atoms with Crippen LogP contribution in [0.2, 0.25) is 0 Å². The first kappa shape index (κ1) is 15.0. The molecule has 2 heterocycles. The number of fused-ring (bicyclic) bond motifs is 1. The maximum atomic E-state index is 12.7. The van der Waals surface area contributed by atoms with Crippen LogP contribution in [0.15, 0.2) is 22.7 Å². The summed E-state index contributed by atoms with van der Waals surface area (Å²) in [6.45, 7) is 3.24. The Balaban J connectivity index is 1.61. The van der Waals surface area contributed by atoms with Gasteiger partial charge in [-0.2, -0.15) is 0 Å². The average Bonchev–Trinajstić information content (AvgIpc) is 3.16. The molecule has 0 spiro atoms. The minimum Gasteiger partial charge on any atom is -0.372 e. The van der Waals surface area contributed by atoms with Gasteiger partial charge in [0.05, 0.1) is 18.8 Å². The van der Waals surface area contributed by atoms with Gasteiger partial charge in [0.1, 0.15) is 0 Å². The first-order valence-electron chi connectivity index (χ1n) is 7.91. The molecule has 0 radical (unpaired) electrons. The van der Waals surface area contributed by atoms with E-state index in [1.165, 1.54) is 24.1 Å². The number of hydrogen-bond donors (Lipinski definition) is 1. The van der Waals surface area contributed by atoms with Crippen LogP contribution in [0.4, 0.5) is 5.69 Å². The van der Waals surface area contributed by atoms with E-state index >= 15 is 0 Å². The summed E-state index contributed by atoms with van der Waals surface area (Å²) in [5.41, 5.74) is 6.18. The summed E-state index contributed by atoms with van der Waals surface area (Å²) >= 11 is 3.57. The molecule has 1 saturated carbocycles. The summed E-state index contributed by atoms with van der Waals surface area (Å²) in [5, 5.41) is 3.03. The molecule has 4 rings (SSSR count). The van der Waals surface area contributed by atoms with Gasteiger partial charge in [-0.15, -0.1) is 0 Å². The molecule has 1 fully saturated rings. The van der Waals surface area contributed by atoms with Crippen LogP contribution in [0.25, 0.3) is 0 Å². The van der Waals surface area contributed by atoms with Gasteiger partial charge in [-0.1, -0.05) is 15.9 Å². The Labute approximate surface area is 144 Å². The van der Waals surface area contributed by atoms with Crippen molar-refractivity contribution in [2.45, 2.75) is 38.9 Å². The number of carbonyl (C=O) groups excluding carboxylic acids is 1. The topological polar surface area (TPSA) is 43.3 Å². The van der Waals surface area contributed by atoms with E-state index in [-0.39, 0.29) is 5.91 Å². The third kappa shape index (κ3) is 2.62. The zero-order valence-electron chi connectivity index (χ0n) is 13.3. The molecule has 1 aromatic heterocycles. The lowest BCUT2D eigenvalue weighted by molar-refractivity contribution is 0.102. The van der Waals surface area contributed by atoms with Crippen molar-refractivity contribution < 1.29 is 9.53 Å². The summed E-state index contributed by atoms with van der Waals surface area (Å²) in [7, 11) is 2.04. The standard InChI is InChI=1S/C18H19BrN2O2/c1-10-14(7-17(21(10)2)11-3-4-11)18(22)20-13-5-12-8-23-9-15(12)16(19)6-13/h5-7,11H,3-4,8-9H2,1-2H3,(H,20,22). The second-order valence-electron chi connectivity index (χ2n) is 6.44. The molecule has 2 aromatic rings. The molecule has 1 N–H and O–H groups in total. The number of rotatable bonds is 3. The molecule has 5 heteroatoms. The Bertz CT molecular complexity index is 806. The molecule has 0 atom stereocenters. The Hall–Kier alpha value is -1.59. The van der Waals surface area contributed by atoms with Crippen molar-refractivity contribution in [3.05, 3.63) is 50.8 Å². The highest BCUT2D eigenvalue weighted by atomic mass is 79.9. The van der Waals surface area contributed by atoms with Crippen LogP contribution in [-0.4, -0.2) is 10.5 Å². The number of ether oxygens (including phenoxy) is 1. The van der Waals surface area contributed by atoms with Gasteiger partial charge in [-0.3, -0.25) is 4.79 Å². The number of nitrogens with zero attached hydrogens (tertiary/aromatic N) is 1. The fourth-order valence-electron chi connectivity index (χ4n) is 3.24. The van der Waals surface area contributed by atoms with E-state index in [4.69, 9.17) is 4.74 Å². The fraction of sp³-hybridized carbons (Fsp3) is 0.389. The molecule has 1 aliphatic carbocycles. The van der Waals surface area contributed by atoms with Gasteiger partial charge >= 0.3 is 0 Å². The molecule has 0 bridgehead atoms. The third-order valence-corrected chi connectivity index (χ3v) is 5.57. The molecule has 1 aliphatic heterocycles. The summed E-state index contributed by atoms with van der Waals surface area (Å²) in [5.74, 6) is 0.585. The monoisotopic (exact) mass is 374 g/mol. The van der Waals surface area contributed by atoms with Crippen molar-refractivity contribution in [3.63, 3.8) is 0 Å². The maximum Gasteiger partial charge on any atom is 0.257 e. The molecule has 0 unspecified atom stereocenters. The van der Waals surface area contributed by atoms with Crippen LogP contribution in [0.5, 0.6) is 0 Å². The summed E-state index contributed by atoms with van der Waals surface area (Å²) in [4.78, 5) is 12.7. The summed E-state index contributed by atoms with van der Waals surface area (Å²) in [6.07, 6.45) is 2.46. The second-order valence-corrected chi connectivity index (χ2v) is 7.30. The van der Waals surface area contributed by atoms with Gasteiger partial charge in [-0.05, 0) is 55.0 Å². The van der Waals surface area contributed by atoms with Crippen molar-refractivity contribution in [1.29, 1.82) is 0 Å². The van der Waals surface area contributed by atoms with Crippen LogP contribution in [0.3, 0.4) is 0 Å². The number of hydrogen-bond acceptors (Lipinski definition) is 2. The summed E-state index contributed by atoms with van der Waals surface area (Å²) in [6, 6.07) is 6.00. The lowest BCUT2D eigenvalue weighted by atomic mass is 10.1. The predicted molar refractivity (Wildman–Crippen MR) is 92.7 cm³/mol. The van der Waals surface area contributed by atoms with Crippen LogP contribution < -0.4 is 5.32 Å². The van der Waals surface area contributed by atoms with Crippen molar-refractivity contribution in [2.24, 2.45) is 7.05 Å². The van der Waals surface area contributed by atoms with Crippen LogP contribution >= 0.6 is 15.9 Å². The Morgan fingerprint density at radius 1 is 1.30 bits per heavy atom. The van der Waals surface area contributed by atoms with E-state index in [9.17, 15) is 4.79 Å².